The van der Waals surface area contributed by atoms with E-state index in [2.05, 4.69) is 5.32 Å². The van der Waals surface area contributed by atoms with Gasteiger partial charge in [0.15, 0.2) is 0 Å². The number of hydrogen-bond donors (Lipinski definition) is 1. The number of carbonyl (C=O) groups is 2. The van der Waals surface area contributed by atoms with Gasteiger partial charge in [-0.25, -0.2) is 8.42 Å². The van der Waals surface area contributed by atoms with Crippen LogP contribution in [0.2, 0.25) is 5.02 Å². The van der Waals surface area contributed by atoms with Gasteiger partial charge in [-0.2, -0.15) is 13.2 Å². The Hall–Kier alpha value is -4.55. The van der Waals surface area contributed by atoms with Crippen molar-refractivity contribution in [1.82, 2.24) is 10.2 Å². The summed E-state index contributed by atoms with van der Waals surface area (Å²) >= 11 is 6.40. The monoisotopic (exact) mass is 727 g/mol. The molecule has 8 nitrogen and oxygen atoms in total. The predicted molar refractivity (Wildman–Crippen MR) is 185 cm³/mol. The summed E-state index contributed by atoms with van der Waals surface area (Å²) in [7, 11) is -3.17. The highest BCUT2D eigenvalue weighted by molar-refractivity contribution is 7.92. The zero-order chi connectivity index (χ0) is 35.9. The van der Waals surface area contributed by atoms with E-state index >= 15 is 0 Å². The molecule has 50 heavy (non-hydrogen) atoms. The normalized spacial score (nSPS) is 14.2. The fourth-order valence-corrected chi connectivity index (χ4v) is 7.72. The highest BCUT2D eigenvalue weighted by Crippen LogP contribution is 2.37. The molecule has 1 saturated carbocycles. The van der Waals surface area contributed by atoms with Crippen molar-refractivity contribution in [3.63, 3.8) is 0 Å². The summed E-state index contributed by atoms with van der Waals surface area (Å²) in [5.41, 5.74) is -0.352. The Morgan fingerprint density at radius 3 is 2.18 bits per heavy atom. The fourth-order valence-electron chi connectivity index (χ4n) is 6.00. The molecular weight excluding hydrogens is 691 g/mol. The van der Waals surface area contributed by atoms with Crippen molar-refractivity contribution in [2.75, 3.05) is 18.0 Å². The number of benzene rings is 4. The molecule has 1 aliphatic carbocycles. The maximum Gasteiger partial charge on any atom is 0.416 e. The molecular formula is C37H37ClF3N3O5S. The standard InChI is InChI=1S/C37H37ClF3N3O5S/c1-49-30-16-10-13-27(21-30)24-43(34(22-26-11-4-2-5-12-26)36(46)42-29-14-8-9-15-29)35(45)25-44(50(47,48)31-17-6-3-7-18-31)33-23-28(37(39,40)41)19-20-32(33)38/h2-7,10-13,16-21,23,29,34H,8-9,14-15,22,24-25H2,1H3,(H,42,46)/t34-/m1/s1. The van der Waals surface area contributed by atoms with Gasteiger partial charge >= 0.3 is 6.18 Å². The third-order valence-electron chi connectivity index (χ3n) is 8.61. The third-order valence-corrected chi connectivity index (χ3v) is 10.7. The largest absolute Gasteiger partial charge is 0.497 e. The summed E-state index contributed by atoms with van der Waals surface area (Å²) in [5.74, 6) is -0.760. The first-order valence-electron chi connectivity index (χ1n) is 16.1. The molecule has 1 N–H and O–H groups in total. The van der Waals surface area contributed by atoms with Crippen LogP contribution >= 0.6 is 11.6 Å². The van der Waals surface area contributed by atoms with Crippen LogP contribution in [-0.2, 0) is 38.8 Å². The van der Waals surface area contributed by atoms with Gasteiger partial charge in [-0.3, -0.25) is 13.9 Å². The van der Waals surface area contributed by atoms with Crippen LogP contribution in [0.4, 0.5) is 18.9 Å². The number of hydrogen-bond acceptors (Lipinski definition) is 5. The third kappa shape index (κ3) is 8.97. The molecule has 1 atom stereocenters. The summed E-state index contributed by atoms with van der Waals surface area (Å²) < 4.78 is 76.1. The number of halogens is 4. The van der Waals surface area contributed by atoms with Gasteiger partial charge in [-0.05, 0) is 66.4 Å². The molecule has 2 amide bonds. The number of methoxy groups -OCH3 is 1. The topological polar surface area (TPSA) is 96.0 Å². The molecule has 4 aromatic rings. The number of rotatable bonds is 13. The van der Waals surface area contributed by atoms with Gasteiger partial charge in [0.2, 0.25) is 11.8 Å². The van der Waals surface area contributed by atoms with E-state index in [9.17, 15) is 31.2 Å². The Morgan fingerprint density at radius 2 is 1.54 bits per heavy atom. The van der Waals surface area contributed by atoms with Crippen LogP contribution in [0.1, 0.15) is 42.4 Å². The van der Waals surface area contributed by atoms with Crippen LogP contribution in [0.15, 0.2) is 108 Å². The van der Waals surface area contributed by atoms with Crippen molar-refractivity contribution in [2.45, 2.75) is 61.8 Å². The first-order valence-corrected chi connectivity index (χ1v) is 17.9. The van der Waals surface area contributed by atoms with Gasteiger partial charge in [0.25, 0.3) is 10.0 Å². The van der Waals surface area contributed by atoms with Crippen LogP contribution in [0.25, 0.3) is 0 Å². The molecule has 0 radical (unpaired) electrons. The van der Waals surface area contributed by atoms with E-state index < -0.39 is 51.9 Å². The number of nitrogens with one attached hydrogen (secondary N) is 1. The number of nitrogens with zero attached hydrogens (tertiary/aromatic N) is 2. The summed E-state index contributed by atoms with van der Waals surface area (Å²) in [6.45, 7) is -1.09. The molecule has 0 bridgehead atoms. The Labute approximate surface area is 294 Å². The zero-order valence-corrected chi connectivity index (χ0v) is 28.8. The first-order chi connectivity index (χ1) is 23.9. The average Bonchev–Trinajstić information content (AvgIpc) is 3.62. The van der Waals surface area contributed by atoms with E-state index in [1.807, 2.05) is 18.2 Å². The van der Waals surface area contributed by atoms with Crippen LogP contribution in [0.3, 0.4) is 0 Å². The maximum absolute atomic E-state index is 14.7. The molecule has 1 aliphatic rings. The fraction of sp³-hybridized carbons (Fsp3) is 0.297. The second kappa shape index (κ2) is 16.0. The van der Waals surface area contributed by atoms with Gasteiger partial charge < -0.3 is 15.0 Å². The second-order valence-corrected chi connectivity index (χ2v) is 14.3. The van der Waals surface area contributed by atoms with Crippen molar-refractivity contribution < 1.29 is 35.9 Å². The minimum atomic E-state index is -4.83. The number of carbonyl (C=O) groups excluding carboxylic acids is 2. The van der Waals surface area contributed by atoms with Gasteiger partial charge in [0.05, 0.1) is 28.3 Å². The van der Waals surface area contributed by atoms with E-state index in [-0.39, 0.29) is 28.9 Å². The summed E-state index contributed by atoms with van der Waals surface area (Å²) in [5, 5.41) is 2.77. The lowest BCUT2D eigenvalue weighted by Crippen LogP contribution is -2.54. The van der Waals surface area contributed by atoms with Crippen LogP contribution in [0.5, 0.6) is 5.75 Å². The lowest BCUT2D eigenvalue weighted by molar-refractivity contribution is -0.140. The van der Waals surface area contributed by atoms with E-state index in [0.29, 0.717) is 21.7 Å². The molecule has 0 aliphatic heterocycles. The molecule has 0 unspecified atom stereocenters. The highest BCUT2D eigenvalue weighted by atomic mass is 35.5. The number of sulfonamides is 1. The summed E-state index contributed by atoms with van der Waals surface area (Å²) in [4.78, 5) is 29.8. The van der Waals surface area contributed by atoms with Crippen LogP contribution < -0.4 is 14.4 Å². The Morgan fingerprint density at radius 1 is 0.900 bits per heavy atom. The molecule has 13 heteroatoms. The van der Waals surface area contributed by atoms with Gasteiger partial charge in [-0.15, -0.1) is 0 Å². The van der Waals surface area contributed by atoms with Crippen molar-refractivity contribution in [3.05, 3.63) is 125 Å². The number of ether oxygens (including phenoxy) is 1. The average molecular weight is 728 g/mol. The molecule has 1 fully saturated rings. The molecule has 0 heterocycles. The summed E-state index contributed by atoms with van der Waals surface area (Å²) in [6, 6.07) is 24.1. The molecule has 5 rings (SSSR count). The maximum atomic E-state index is 14.7. The van der Waals surface area contributed by atoms with E-state index in [1.165, 1.54) is 36.3 Å². The molecule has 4 aromatic carbocycles. The highest BCUT2D eigenvalue weighted by Gasteiger charge is 2.38. The van der Waals surface area contributed by atoms with Crippen molar-refractivity contribution >= 4 is 39.1 Å². The van der Waals surface area contributed by atoms with Gasteiger partial charge in [0.1, 0.15) is 18.3 Å². The van der Waals surface area contributed by atoms with Crippen molar-refractivity contribution in [1.29, 1.82) is 0 Å². The summed E-state index contributed by atoms with van der Waals surface area (Å²) in [6.07, 6.45) is -1.28. The SMILES string of the molecule is COc1cccc(CN(C(=O)CN(c2cc(C(F)(F)F)ccc2Cl)S(=O)(=O)c2ccccc2)[C@H](Cc2ccccc2)C(=O)NC2CCCC2)c1. The van der Waals surface area contributed by atoms with Gasteiger partial charge in [-0.1, -0.05) is 85.1 Å². The number of anilines is 1. The smallest absolute Gasteiger partial charge is 0.416 e. The lowest BCUT2D eigenvalue weighted by atomic mass is 10.0. The van der Waals surface area contributed by atoms with Crippen LogP contribution in [-0.4, -0.2) is 50.9 Å². The second-order valence-electron chi connectivity index (χ2n) is 12.1. The first kappa shape index (κ1) is 36.7. The van der Waals surface area contributed by atoms with Crippen LogP contribution in [0, 0.1) is 0 Å². The molecule has 0 saturated heterocycles. The lowest BCUT2D eigenvalue weighted by Gasteiger charge is -2.34. The Kier molecular flexibility index (Phi) is 11.7. The molecule has 0 spiro atoms. The van der Waals surface area contributed by atoms with Crippen molar-refractivity contribution in [3.8, 4) is 5.75 Å². The van der Waals surface area contributed by atoms with E-state index in [0.717, 1.165) is 43.4 Å². The predicted octanol–water partition coefficient (Wildman–Crippen LogP) is 7.26. The van der Waals surface area contributed by atoms with Gasteiger partial charge in [0, 0.05) is 19.0 Å². The molecule has 0 aromatic heterocycles. The Balaban J connectivity index is 1.62. The Bertz CT molecular complexity index is 1890. The number of alkyl halides is 3. The number of amides is 2. The zero-order valence-electron chi connectivity index (χ0n) is 27.3. The quantitative estimate of drug-likeness (QED) is 0.157. The minimum Gasteiger partial charge on any atom is -0.497 e. The van der Waals surface area contributed by atoms with E-state index in [4.69, 9.17) is 16.3 Å². The molecule has 264 valence electrons. The minimum absolute atomic E-state index is 0.0881. The van der Waals surface area contributed by atoms with E-state index in [1.54, 1.807) is 42.5 Å². The van der Waals surface area contributed by atoms with Crippen molar-refractivity contribution in [2.24, 2.45) is 0 Å².